The van der Waals surface area contributed by atoms with Gasteiger partial charge in [-0.3, -0.25) is 14.5 Å². The molecule has 0 aromatic heterocycles. The highest BCUT2D eigenvalue weighted by Gasteiger charge is 2.28. The minimum atomic E-state index is -0.162. The fraction of sp³-hybridized carbons (Fsp3) is 0.429. The van der Waals surface area contributed by atoms with Gasteiger partial charge in [0, 0.05) is 53.2 Å². The quantitative estimate of drug-likeness (QED) is 0.250. The smallest absolute Gasteiger partial charge is 0.258 e. The van der Waals surface area contributed by atoms with Crippen LogP contribution in [0.1, 0.15) is 75.6 Å². The van der Waals surface area contributed by atoms with Gasteiger partial charge in [0.25, 0.3) is 11.8 Å². The van der Waals surface area contributed by atoms with Gasteiger partial charge in [0.1, 0.15) is 0 Å². The Morgan fingerprint density at radius 3 is 2.51 bits per heavy atom. The molecule has 0 bridgehead atoms. The first-order valence-corrected chi connectivity index (χ1v) is 15.9. The number of halogens is 1. The summed E-state index contributed by atoms with van der Waals surface area (Å²) in [5.41, 5.74) is 5.65. The van der Waals surface area contributed by atoms with Crippen LogP contribution >= 0.6 is 11.6 Å². The molecule has 43 heavy (non-hydrogen) atoms. The van der Waals surface area contributed by atoms with Crippen LogP contribution in [0.4, 0.5) is 11.4 Å². The van der Waals surface area contributed by atoms with Gasteiger partial charge < -0.3 is 20.3 Å². The fourth-order valence-electron chi connectivity index (χ4n) is 6.09. The Bertz CT molecular complexity index is 1420. The first kappa shape index (κ1) is 31.2. The summed E-state index contributed by atoms with van der Waals surface area (Å²) in [5.74, 6) is -0.202. The molecule has 2 heterocycles. The number of carbonyl (C=O) groups excluding carboxylic acids is 2. The minimum absolute atomic E-state index is 0.0402. The standard InChI is InChI=1S/C35H43ClN4O3/c1-25-9-4-5-10-29(25)34(41)38-28-13-14-30(26(2)23-28)35(42)40-18-8-11-32(31-24-27(36)12-15-33(31)40)37-16-6-3-7-17-39-19-21-43-22-20-39/h4-5,9-10,12-15,23-24,32,37H,3,6-8,11,16-22H2,1-2H3,(H,38,41). The lowest BCUT2D eigenvalue weighted by atomic mass is 10.0. The van der Waals surface area contributed by atoms with Gasteiger partial charge in [0.05, 0.1) is 13.2 Å². The predicted octanol–water partition coefficient (Wildman–Crippen LogP) is 6.78. The van der Waals surface area contributed by atoms with Gasteiger partial charge in [-0.1, -0.05) is 36.2 Å². The van der Waals surface area contributed by atoms with Crippen LogP contribution in [0.3, 0.4) is 0 Å². The van der Waals surface area contributed by atoms with Crippen LogP contribution in [0.2, 0.25) is 5.02 Å². The Balaban J connectivity index is 1.23. The Labute approximate surface area is 260 Å². The van der Waals surface area contributed by atoms with E-state index < -0.39 is 0 Å². The number of benzene rings is 3. The van der Waals surface area contributed by atoms with Crippen LogP contribution in [-0.2, 0) is 4.74 Å². The number of morpholine rings is 1. The molecule has 2 aliphatic heterocycles. The summed E-state index contributed by atoms with van der Waals surface area (Å²) >= 11 is 6.47. The molecule has 228 valence electrons. The summed E-state index contributed by atoms with van der Waals surface area (Å²) < 4.78 is 5.45. The van der Waals surface area contributed by atoms with Gasteiger partial charge in [-0.15, -0.1) is 0 Å². The molecular weight excluding hydrogens is 560 g/mol. The number of aryl methyl sites for hydroxylation is 2. The van der Waals surface area contributed by atoms with Gasteiger partial charge in [-0.05, 0) is 112 Å². The number of unbranched alkanes of at least 4 members (excludes halogenated alkanes) is 2. The molecule has 2 aliphatic rings. The van der Waals surface area contributed by atoms with Crippen molar-refractivity contribution in [1.82, 2.24) is 10.2 Å². The number of fused-ring (bicyclic) bond motifs is 1. The molecule has 0 radical (unpaired) electrons. The maximum absolute atomic E-state index is 14.0. The Morgan fingerprint density at radius 1 is 0.907 bits per heavy atom. The van der Waals surface area contributed by atoms with Crippen LogP contribution in [0.25, 0.3) is 0 Å². The maximum Gasteiger partial charge on any atom is 0.258 e. The van der Waals surface area contributed by atoms with Crippen molar-refractivity contribution < 1.29 is 14.3 Å². The van der Waals surface area contributed by atoms with Gasteiger partial charge in [-0.25, -0.2) is 0 Å². The summed E-state index contributed by atoms with van der Waals surface area (Å²) in [5, 5.41) is 7.42. The summed E-state index contributed by atoms with van der Waals surface area (Å²) in [4.78, 5) is 31.2. The molecule has 3 aromatic carbocycles. The Hall–Kier alpha value is -3.23. The number of anilines is 2. The molecule has 0 saturated carbocycles. The molecule has 1 atom stereocenters. The lowest BCUT2D eigenvalue weighted by Gasteiger charge is -2.26. The third-order valence-corrected chi connectivity index (χ3v) is 8.76. The molecule has 8 heteroatoms. The van der Waals surface area contributed by atoms with Crippen molar-refractivity contribution in [2.75, 3.05) is 56.2 Å². The van der Waals surface area contributed by atoms with Crippen molar-refractivity contribution >= 4 is 34.8 Å². The monoisotopic (exact) mass is 602 g/mol. The highest BCUT2D eigenvalue weighted by molar-refractivity contribution is 6.30. The molecule has 1 fully saturated rings. The third kappa shape index (κ3) is 8.03. The van der Waals surface area contributed by atoms with Crippen molar-refractivity contribution in [2.45, 2.75) is 52.0 Å². The highest BCUT2D eigenvalue weighted by Crippen LogP contribution is 2.36. The Kier molecular flexibility index (Phi) is 10.9. The SMILES string of the molecule is Cc1ccccc1C(=O)Nc1ccc(C(=O)N2CCCC(NCCCCCN3CCOCC3)c3cc(Cl)ccc32)c(C)c1. The minimum Gasteiger partial charge on any atom is -0.379 e. The number of nitrogens with zero attached hydrogens (tertiary/aromatic N) is 2. The molecule has 1 unspecified atom stereocenters. The van der Waals surface area contributed by atoms with E-state index in [0.717, 1.165) is 81.0 Å². The van der Waals surface area contributed by atoms with Crippen LogP contribution in [0.15, 0.2) is 60.7 Å². The van der Waals surface area contributed by atoms with Gasteiger partial charge >= 0.3 is 0 Å². The first-order valence-electron chi connectivity index (χ1n) is 15.5. The van der Waals surface area contributed by atoms with Crippen molar-refractivity contribution in [1.29, 1.82) is 0 Å². The molecule has 7 nitrogen and oxygen atoms in total. The molecule has 3 aromatic rings. The third-order valence-electron chi connectivity index (χ3n) is 8.53. The van der Waals surface area contributed by atoms with Crippen molar-refractivity contribution in [2.24, 2.45) is 0 Å². The predicted molar refractivity (Wildman–Crippen MR) is 175 cm³/mol. The number of carbonyl (C=O) groups is 2. The van der Waals surface area contributed by atoms with E-state index in [9.17, 15) is 9.59 Å². The van der Waals surface area contributed by atoms with Crippen LogP contribution < -0.4 is 15.5 Å². The normalized spacial score (nSPS) is 17.3. The van der Waals surface area contributed by atoms with Crippen LogP contribution in [-0.4, -0.2) is 62.7 Å². The molecule has 5 rings (SSSR count). The second kappa shape index (κ2) is 15.0. The zero-order chi connectivity index (χ0) is 30.2. The number of ether oxygens (including phenoxy) is 1. The van der Waals surface area contributed by atoms with E-state index in [4.69, 9.17) is 16.3 Å². The molecular formula is C35H43ClN4O3. The van der Waals surface area contributed by atoms with E-state index in [1.165, 1.54) is 12.8 Å². The van der Waals surface area contributed by atoms with E-state index in [2.05, 4.69) is 15.5 Å². The van der Waals surface area contributed by atoms with Crippen LogP contribution in [0.5, 0.6) is 0 Å². The zero-order valence-electron chi connectivity index (χ0n) is 25.3. The topological polar surface area (TPSA) is 73.9 Å². The van der Waals surface area contributed by atoms with Gasteiger partial charge in [-0.2, -0.15) is 0 Å². The van der Waals surface area contributed by atoms with E-state index in [0.29, 0.717) is 28.4 Å². The largest absolute Gasteiger partial charge is 0.379 e. The zero-order valence-corrected chi connectivity index (χ0v) is 26.1. The molecule has 2 amide bonds. The average molecular weight is 603 g/mol. The summed E-state index contributed by atoms with van der Waals surface area (Å²) in [6, 6.07) is 19.0. The second-order valence-corrected chi connectivity index (χ2v) is 12.1. The van der Waals surface area contributed by atoms with Crippen molar-refractivity contribution in [3.8, 4) is 0 Å². The van der Waals surface area contributed by atoms with E-state index in [1.54, 1.807) is 6.07 Å². The van der Waals surface area contributed by atoms with Gasteiger partial charge in [0.15, 0.2) is 0 Å². The first-order chi connectivity index (χ1) is 20.9. The maximum atomic E-state index is 14.0. The average Bonchev–Trinajstić information content (AvgIpc) is 3.18. The molecule has 0 aliphatic carbocycles. The summed E-state index contributed by atoms with van der Waals surface area (Å²) in [6.07, 6.45) is 5.32. The summed E-state index contributed by atoms with van der Waals surface area (Å²) in [7, 11) is 0. The second-order valence-electron chi connectivity index (χ2n) is 11.6. The number of amides is 2. The fourth-order valence-corrected chi connectivity index (χ4v) is 6.27. The lowest BCUT2D eigenvalue weighted by Crippen LogP contribution is -2.36. The summed E-state index contributed by atoms with van der Waals surface area (Å²) in [6.45, 7) is 10.3. The Morgan fingerprint density at radius 2 is 1.72 bits per heavy atom. The lowest BCUT2D eigenvalue weighted by molar-refractivity contribution is 0.0371. The molecule has 1 saturated heterocycles. The number of hydrogen-bond acceptors (Lipinski definition) is 5. The number of rotatable bonds is 10. The van der Waals surface area contributed by atoms with Crippen molar-refractivity contribution in [3.63, 3.8) is 0 Å². The van der Waals surface area contributed by atoms with E-state index >= 15 is 0 Å². The van der Waals surface area contributed by atoms with Crippen LogP contribution in [0, 0.1) is 13.8 Å². The molecule has 2 N–H and O–H groups in total. The van der Waals surface area contributed by atoms with E-state index in [-0.39, 0.29) is 17.9 Å². The number of nitrogens with one attached hydrogen (secondary N) is 2. The van der Waals surface area contributed by atoms with Gasteiger partial charge in [0.2, 0.25) is 0 Å². The van der Waals surface area contributed by atoms with E-state index in [1.807, 2.05) is 73.3 Å². The van der Waals surface area contributed by atoms with Crippen molar-refractivity contribution in [3.05, 3.63) is 93.5 Å². The number of hydrogen-bond donors (Lipinski definition) is 2. The molecule has 0 spiro atoms. The highest BCUT2D eigenvalue weighted by atomic mass is 35.5.